The predicted octanol–water partition coefficient (Wildman–Crippen LogP) is 4.06. The van der Waals surface area contributed by atoms with E-state index < -0.39 is 28.4 Å². The highest BCUT2D eigenvalue weighted by Gasteiger charge is 2.29. The lowest BCUT2D eigenvalue weighted by Crippen LogP contribution is -2.21. The van der Waals surface area contributed by atoms with Crippen LogP contribution >= 0.6 is 0 Å². The van der Waals surface area contributed by atoms with Gasteiger partial charge in [-0.3, -0.25) is 4.72 Å². The fraction of sp³-hybridized carbons (Fsp3) is 0.222. The van der Waals surface area contributed by atoms with Gasteiger partial charge in [0, 0.05) is 24.1 Å². The van der Waals surface area contributed by atoms with E-state index in [1.54, 1.807) is 17.6 Å². The van der Waals surface area contributed by atoms with Crippen LogP contribution in [-0.2, 0) is 10.0 Å². The fourth-order valence-electron chi connectivity index (χ4n) is 2.39. The molecule has 0 saturated carbocycles. The molecule has 0 amide bonds. The maximum absolute atomic E-state index is 12.2. The van der Waals surface area contributed by atoms with E-state index in [0.29, 0.717) is 23.3 Å². The Morgan fingerprint density at radius 1 is 1.10 bits per heavy atom. The quantitative estimate of drug-likeness (QED) is 0.616. The highest BCUT2D eigenvalue weighted by atomic mass is 32.2. The Hall–Kier alpha value is -3.08. The number of halogens is 3. The number of hydrogen-bond donors (Lipinski definition) is 1. The molecular weight excluding hydrogens is 409 g/mol. The molecule has 0 aliphatic rings. The second-order valence-electron chi connectivity index (χ2n) is 6.11. The number of sulfonamides is 1. The lowest BCUT2D eigenvalue weighted by atomic mass is 10.3. The molecule has 11 heteroatoms. The molecule has 0 radical (unpaired) electrons. The van der Waals surface area contributed by atoms with Crippen molar-refractivity contribution >= 4 is 15.7 Å². The van der Waals surface area contributed by atoms with Crippen LogP contribution in [0.2, 0.25) is 0 Å². The minimum atomic E-state index is -4.54. The van der Waals surface area contributed by atoms with Crippen LogP contribution in [-0.4, -0.2) is 34.9 Å². The van der Waals surface area contributed by atoms with E-state index in [0.717, 1.165) is 0 Å². The molecule has 154 valence electrons. The van der Waals surface area contributed by atoms with Gasteiger partial charge in [0.1, 0.15) is 17.4 Å². The van der Waals surface area contributed by atoms with Gasteiger partial charge in [0.15, 0.2) is 0 Å². The van der Waals surface area contributed by atoms with E-state index in [1.165, 1.54) is 24.3 Å². The summed E-state index contributed by atoms with van der Waals surface area (Å²) < 4.78 is 69.7. The topological polar surface area (TPSA) is 86.1 Å². The Morgan fingerprint density at radius 3 is 2.38 bits per heavy atom. The summed E-state index contributed by atoms with van der Waals surface area (Å²) in [6.45, 7) is 1.72. The van der Waals surface area contributed by atoms with Crippen LogP contribution in [0.25, 0.3) is 5.82 Å². The highest BCUT2D eigenvalue weighted by molar-refractivity contribution is 7.92. The van der Waals surface area contributed by atoms with Crippen molar-refractivity contribution in [3.8, 4) is 17.4 Å². The Bertz CT molecular complexity index is 1070. The first kappa shape index (κ1) is 20.6. The lowest BCUT2D eigenvalue weighted by Gasteiger charge is -2.11. The molecule has 7 nitrogen and oxygen atoms in total. The molecule has 0 aliphatic heterocycles. The molecule has 2 heterocycles. The lowest BCUT2D eigenvalue weighted by molar-refractivity contribution is -0.129. The van der Waals surface area contributed by atoms with Gasteiger partial charge in [-0.1, -0.05) is 0 Å². The van der Waals surface area contributed by atoms with Gasteiger partial charge in [0.2, 0.25) is 15.9 Å². The summed E-state index contributed by atoms with van der Waals surface area (Å²) >= 11 is 0. The first-order valence-corrected chi connectivity index (χ1v) is 10.1. The van der Waals surface area contributed by atoms with Crippen molar-refractivity contribution in [3.05, 3.63) is 60.7 Å². The molecule has 3 rings (SSSR count). The van der Waals surface area contributed by atoms with Gasteiger partial charge in [-0.2, -0.15) is 18.2 Å². The van der Waals surface area contributed by atoms with Crippen LogP contribution in [0.1, 0.15) is 12.2 Å². The average Bonchev–Trinajstić information content (AvgIpc) is 3.15. The molecule has 2 aromatic heterocycles. The van der Waals surface area contributed by atoms with Crippen LogP contribution in [0, 0.1) is 6.92 Å². The summed E-state index contributed by atoms with van der Waals surface area (Å²) in [5.74, 6) is 0.739. The Kier molecular flexibility index (Phi) is 5.78. The number of anilines is 1. The number of hydrogen-bond acceptors (Lipinski definition) is 5. The molecular formula is C18H17F3N4O3S. The van der Waals surface area contributed by atoms with Crippen LogP contribution in [0.5, 0.6) is 11.6 Å². The second-order valence-corrected chi connectivity index (χ2v) is 7.96. The molecule has 0 aliphatic carbocycles. The van der Waals surface area contributed by atoms with Crippen molar-refractivity contribution in [2.24, 2.45) is 0 Å². The van der Waals surface area contributed by atoms with E-state index in [-0.39, 0.29) is 5.69 Å². The largest absolute Gasteiger partial charge is 0.439 e. The first-order chi connectivity index (χ1) is 13.6. The minimum Gasteiger partial charge on any atom is -0.439 e. The molecule has 1 N–H and O–H groups in total. The summed E-state index contributed by atoms with van der Waals surface area (Å²) in [6.07, 6.45) is -2.31. The number of aromatic nitrogens is 3. The van der Waals surface area contributed by atoms with Gasteiger partial charge in [0.05, 0.1) is 12.2 Å². The number of nitrogens with zero attached hydrogens (tertiary/aromatic N) is 3. The third kappa shape index (κ3) is 6.21. The van der Waals surface area contributed by atoms with Gasteiger partial charge < -0.3 is 9.30 Å². The second kappa shape index (κ2) is 8.11. The van der Waals surface area contributed by atoms with Crippen molar-refractivity contribution < 1.29 is 26.3 Å². The molecule has 1 aromatic carbocycles. The summed E-state index contributed by atoms with van der Waals surface area (Å²) in [4.78, 5) is 8.53. The first-order valence-electron chi connectivity index (χ1n) is 8.44. The molecule has 0 bridgehead atoms. The zero-order valence-electron chi connectivity index (χ0n) is 15.2. The number of rotatable bonds is 7. The number of nitrogens with one attached hydrogen (secondary N) is 1. The molecule has 29 heavy (non-hydrogen) atoms. The van der Waals surface area contributed by atoms with Gasteiger partial charge in [-0.15, -0.1) is 0 Å². The maximum atomic E-state index is 12.2. The van der Waals surface area contributed by atoms with Gasteiger partial charge in [-0.25, -0.2) is 13.4 Å². The van der Waals surface area contributed by atoms with Crippen molar-refractivity contribution in [3.63, 3.8) is 0 Å². The van der Waals surface area contributed by atoms with Crippen molar-refractivity contribution in [2.45, 2.75) is 19.5 Å². The number of alkyl halides is 3. The molecule has 3 aromatic rings. The minimum absolute atomic E-state index is 0.131. The standard InChI is InChI=1S/C18H17F3N4O3S/c1-13-22-16(25-9-2-3-10-25)12-17(23-13)28-15-6-4-14(5-7-15)24-29(26,27)11-8-18(19,20)21/h2-7,9-10,12,24H,8,11H2,1H3. The van der Waals surface area contributed by atoms with E-state index in [4.69, 9.17) is 4.74 Å². The molecule has 0 atom stereocenters. The van der Waals surface area contributed by atoms with E-state index >= 15 is 0 Å². The third-order valence-corrected chi connectivity index (χ3v) is 4.96. The van der Waals surface area contributed by atoms with Crippen LogP contribution < -0.4 is 9.46 Å². The van der Waals surface area contributed by atoms with E-state index in [1.807, 2.05) is 24.5 Å². The average molecular weight is 426 g/mol. The van der Waals surface area contributed by atoms with Crippen molar-refractivity contribution in [2.75, 3.05) is 10.5 Å². The SMILES string of the molecule is Cc1nc(Oc2ccc(NS(=O)(=O)CCC(F)(F)F)cc2)cc(-n2cccc2)n1. The van der Waals surface area contributed by atoms with Crippen molar-refractivity contribution in [1.29, 1.82) is 0 Å². The van der Waals surface area contributed by atoms with E-state index in [2.05, 4.69) is 14.7 Å². The summed E-state index contributed by atoms with van der Waals surface area (Å²) in [5.41, 5.74) is 0.131. The zero-order valence-corrected chi connectivity index (χ0v) is 16.0. The predicted molar refractivity (Wildman–Crippen MR) is 101 cm³/mol. The summed E-state index contributed by atoms with van der Waals surface area (Å²) in [7, 11) is -4.11. The molecule has 0 unspecified atom stereocenters. The molecule has 0 saturated heterocycles. The Morgan fingerprint density at radius 2 is 1.76 bits per heavy atom. The molecule has 0 spiro atoms. The van der Waals surface area contributed by atoms with Crippen LogP contribution in [0.15, 0.2) is 54.9 Å². The summed E-state index contributed by atoms with van der Waals surface area (Å²) in [5, 5.41) is 0. The van der Waals surface area contributed by atoms with Gasteiger partial charge in [0.25, 0.3) is 0 Å². The third-order valence-electron chi connectivity index (χ3n) is 3.67. The summed E-state index contributed by atoms with van der Waals surface area (Å²) in [6, 6.07) is 11.1. The normalized spacial score (nSPS) is 12.0. The van der Waals surface area contributed by atoms with Crippen LogP contribution in [0.4, 0.5) is 18.9 Å². The molecule has 0 fully saturated rings. The monoisotopic (exact) mass is 426 g/mol. The maximum Gasteiger partial charge on any atom is 0.390 e. The number of aryl methyl sites for hydroxylation is 1. The zero-order chi connectivity index (χ0) is 21.1. The van der Waals surface area contributed by atoms with Crippen molar-refractivity contribution in [1.82, 2.24) is 14.5 Å². The Balaban J connectivity index is 1.68. The number of benzene rings is 1. The highest BCUT2D eigenvalue weighted by Crippen LogP contribution is 2.24. The van der Waals surface area contributed by atoms with Crippen LogP contribution in [0.3, 0.4) is 0 Å². The fourth-order valence-corrected chi connectivity index (χ4v) is 3.49. The van der Waals surface area contributed by atoms with Gasteiger partial charge >= 0.3 is 6.18 Å². The number of ether oxygens (including phenoxy) is 1. The van der Waals surface area contributed by atoms with Gasteiger partial charge in [-0.05, 0) is 43.3 Å². The van der Waals surface area contributed by atoms with E-state index in [9.17, 15) is 21.6 Å². The Labute approximate surface area is 165 Å². The smallest absolute Gasteiger partial charge is 0.390 e.